The molecule has 0 fully saturated rings. The molecule has 0 unspecified atom stereocenters. The van der Waals surface area contributed by atoms with E-state index in [1.807, 2.05) is 24.3 Å². The summed E-state index contributed by atoms with van der Waals surface area (Å²) in [5, 5.41) is 6.43. The summed E-state index contributed by atoms with van der Waals surface area (Å²) in [6.07, 6.45) is 1.42. The molecule has 0 spiro atoms. The Morgan fingerprint density at radius 3 is 2.44 bits per heavy atom. The number of nitrogens with zero attached hydrogens (tertiary/aromatic N) is 1. The van der Waals surface area contributed by atoms with Crippen molar-refractivity contribution in [2.75, 3.05) is 30.0 Å². The normalized spacial score (nSPS) is 10.5. The molecule has 2 rings (SSSR count). The number of hydrogen-bond donors (Lipinski definition) is 1. The topological polar surface area (TPSA) is 73.6 Å². The van der Waals surface area contributed by atoms with E-state index in [4.69, 9.17) is 14.0 Å². The molecule has 0 aliphatic heterocycles. The fourth-order valence-electron chi connectivity index (χ4n) is 1.97. The number of aryl methyl sites for hydroxylation is 1. The molecular formula is C18H24N2O4S. The number of ether oxygens (including phenoxy) is 2. The SMILES string of the molecule is CCCOc1ccc(OCCSCCC(=O)Nc2cc(C)on2)cc1. The molecule has 6 nitrogen and oxygen atoms in total. The lowest BCUT2D eigenvalue weighted by atomic mass is 10.3. The minimum atomic E-state index is -0.0654. The zero-order valence-corrected chi connectivity index (χ0v) is 15.4. The number of carbonyl (C=O) groups is 1. The summed E-state index contributed by atoms with van der Waals surface area (Å²) in [7, 11) is 0. The van der Waals surface area contributed by atoms with Crippen LogP contribution in [0.1, 0.15) is 25.5 Å². The van der Waals surface area contributed by atoms with Gasteiger partial charge in [-0.3, -0.25) is 4.79 Å². The van der Waals surface area contributed by atoms with Crippen LogP contribution < -0.4 is 14.8 Å². The molecule has 0 radical (unpaired) electrons. The highest BCUT2D eigenvalue weighted by molar-refractivity contribution is 7.99. The first-order valence-corrected chi connectivity index (χ1v) is 9.49. The molecule has 0 atom stereocenters. The van der Waals surface area contributed by atoms with E-state index < -0.39 is 0 Å². The van der Waals surface area contributed by atoms with Gasteiger partial charge in [-0.15, -0.1) is 0 Å². The molecule has 1 aromatic heterocycles. The lowest BCUT2D eigenvalue weighted by molar-refractivity contribution is -0.115. The number of hydrogen-bond acceptors (Lipinski definition) is 6. The average Bonchev–Trinajstić information content (AvgIpc) is 3.02. The van der Waals surface area contributed by atoms with Crippen LogP contribution in [0.5, 0.6) is 11.5 Å². The first-order chi connectivity index (χ1) is 12.2. The number of rotatable bonds is 11. The minimum Gasteiger partial charge on any atom is -0.494 e. The first kappa shape index (κ1) is 19.2. The summed E-state index contributed by atoms with van der Waals surface area (Å²) in [6, 6.07) is 9.33. The molecule has 136 valence electrons. The van der Waals surface area contributed by atoms with Gasteiger partial charge in [-0.25, -0.2) is 0 Å². The van der Waals surface area contributed by atoms with Crippen LogP contribution in [0.4, 0.5) is 5.82 Å². The highest BCUT2D eigenvalue weighted by atomic mass is 32.2. The number of amides is 1. The molecule has 1 amide bonds. The van der Waals surface area contributed by atoms with Crippen LogP contribution in [-0.4, -0.2) is 35.8 Å². The van der Waals surface area contributed by atoms with Gasteiger partial charge in [0.1, 0.15) is 17.3 Å². The number of thioether (sulfide) groups is 1. The maximum absolute atomic E-state index is 11.7. The van der Waals surface area contributed by atoms with E-state index in [1.165, 1.54) is 0 Å². The second-order valence-corrected chi connectivity index (χ2v) is 6.63. The molecule has 25 heavy (non-hydrogen) atoms. The molecule has 7 heteroatoms. The number of benzene rings is 1. The predicted octanol–water partition coefficient (Wildman–Crippen LogP) is 3.91. The highest BCUT2D eigenvalue weighted by Crippen LogP contribution is 2.18. The molecule has 0 aliphatic rings. The van der Waals surface area contributed by atoms with Gasteiger partial charge in [0.05, 0.1) is 13.2 Å². The monoisotopic (exact) mass is 364 g/mol. The standard InChI is InChI=1S/C18H24N2O4S/c1-3-9-22-15-4-6-16(7-5-15)23-10-12-25-11-8-18(21)19-17-13-14(2)24-20-17/h4-7,13H,3,8-12H2,1-2H3,(H,19,20,21). The third kappa shape index (κ3) is 7.51. The lowest BCUT2D eigenvalue weighted by Crippen LogP contribution is -2.12. The number of nitrogens with one attached hydrogen (secondary N) is 1. The Bertz CT molecular complexity index is 643. The minimum absolute atomic E-state index is 0.0654. The van der Waals surface area contributed by atoms with Gasteiger partial charge in [0.2, 0.25) is 5.91 Å². The fraction of sp³-hybridized carbons (Fsp3) is 0.444. The van der Waals surface area contributed by atoms with Gasteiger partial charge in [0.25, 0.3) is 0 Å². The van der Waals surface area contributed by atoms with Gasteiger partial charge in [-0.2, -0.15) is 11.8 Å². The van der Waals surface area contributed by atoms with Crippen molar-refractivity contribution >= 4 is 23.5 Å². The van der Waals surface area contributed by atoms with E-state index in [-0.39, 0.29) is 5.91 Å². The molecule has 1 heterocycles. The smallest absolute Gasteiger partial charge is 0.226 e. The Kier molecular flexibility index (Phi) is 8.18. The Hall–Kier alpha value is -2.15. The quantitative estimate of drug-likeness (QED) is 0.609. The second kappa shape index (κ2) is 10.7. The van der Waals surface area contributed by atoms with Crippen LogP contribution in [0, 0.1) is 6.92 Å². The Morgan fingerprint density at radius 1 is 1.16 bits per heavy atom. The van der Waals surface area contributed by atoms with Crippen molar-refractivity contribution < 1.29 is 18.8 Å². The molecule has 1 N–H and O–H groups in total. The van der Waals surface area contributed by atoms with Crippen LogP contribution in [0.25, 0.3) is 0 Å². The van der Waals surface area contributed by atoms with Crippen LogP contribution in [0.2, 0.25) is 0 Å². The van der Waals surface area contributed by atoms with Crippen molar-refractivity contribution in [3.8, 4) is 11.5 Å². The van der Waals surface area contributed by atoms with Gasteiger partial charge in [0.15, 0.2) is 5.82 Å². The average molecular weight is 364 g/mol. The first-order valence-electron chi connectivity index (χ1n) is 8.34. The third-order valence-corrected chi connectivity index (χ3v) is 4.11. The van der Waals surface area contributed by atoms with E-state index in [2.05, 4.69) is 17.4 Å². The Balaban J connectivity index is 1.53. The molecule has 2 aromatic rings. The zero-order valence-electron chi connectivity index (χ0n) is 14.6. The van der Waals surface area contributed by atoms with Crippen molar-refractivity contribution in [3.05, 3.63) is 36.1 Å². The Labute approximate surface area is 152 Å². The molecule has 0 aliphatic carbocycles. The molecule has 0 saturated heterocycles. The van der Waals surface area contributed by atoms with Crippen molar-refractivity contribution in [2.24, 2.45) is 0 Å². The van der Waals surface area contributed by atoms with E-state index >= 15 is 0 Å². The van der Waals surface area contributed by atoms with Crippen molar-refractivity contribution in [3.63, 3.8) is 0 Å². The van der Waals surface area contributed by atoms with Gasteiger partial charge in [-0.05, 0) is 37.6 Å². The van der Waals surface area contributed by atoms with Gasteiger partial charge in [0, 0.05) is 24.0 Å². The van der Waals surface area contributed by atoms with E-state index in [0.29, 0.717) is 24.6 Å². The van der Waals surface area contributed by atoms with Crippen molar-refractivity contribution in [1.82, 2.24) is 5.16 Å². The van der Waals surface area contributed by atoms with Crippen LogP contribution in [0.15, 0.2) is 34.9 Å². The number of carbonyl (C=O) groups excluding carboxylic acids is 1. The summed E-state index contributed by atoms with van der Waals surface area (Å²) in [5.74, 6) is 4.30. The summed E-state index contributed by atoms with van der Waals surface area (Å²) >= 11 is 1.68. The number of aromatic nitrogens is 1. The predicted molar refractivity (Wildman–Crippen MR) is 99.5 cm³/mol. The fourth-order valence-corrected chi connectivity index (χ4v) is 2.70. The summed E-state index contributed by atoms with van der Waals surface area (Å²) < 4.78 is 16.1. The maximum Gasteiger partial charge on any atom is 0.226 e. The maximum atomic E-state index is 11.7. The molecule has 0 saturated carbocycles. The lowest BCUT2D eigenvalue weighted by Gasteiger charge is -2.08. The molecular weight excluding hydrogens is 340 g/mol. The van der Waals surface area contributed by atoms with E-state index in [0.717, 1.165) is 36.0 Å². The summed E-state index contributed by atoms with van der Waals surface area (Å²) in [5.41, 5.74) is 0. The van der Waals surface area contributed by atoms with Gasteiger partial charge < -0.3 is 19.3 Å². The number of anilines is 1. The third-order valence-electron chi connectivity index (χ3n) is 3.16. The second-order valence-electron chi connectivity index (χ2n) is 5.40. The highest BCUT2D eigenvalue weighted by Gasteiger charge is 2.06. The largest absolute Gasteiger partial charge is 0.494 e. The van der Waals surface area contributed by atoms with Crippen molar-refractivity contribution in [2.45, 2.75) is 26.7 Å². The summed E-state index contributed by atoms with van der Waals surface area (Å²) in [4.78, 5) is 11.7. The van der Waals surface area contributed by atoms with Gasteiger partial charge in [-0.1, -0.05) is 12.1 Å². The molecule has 0 bridgehead atoms. The van der Waals surface area contributed by atoms with Crippen LogP contribution in [-0.2, 0) is 4.79 Å². The van der Waals surface area contributed by atoms with Crippen LogP contribution in [0.3, 0.4) is 0 Å². The summed E-state index contributed by atoms with van der Waals surface area (Å²) in [6.45, 7) is 5.18. The van der Waals surface area contributed by atoms with Crippen molar-refractivity contribution in [1.29, 1.82) is 0 Å². The van der Waals surface area contributed by atoms with E-state index in [1.54, 1.807) is 24.8 Å². The Morgan fingerprint density at radius 2 is 1.84 bits per heavy atom. The molecule has 1 aromatic carbocycles. The van der Waals surface area contributed by atoms with E-state index in [9.17, 15) is 4.79 Å². The van der Waals surface area contributed by atoms with Crippen LogP contribution >= 0.6 is 11.8 Å². The zero-order chi connectivity index (χ0) is 17.9. The van der Waals surface area contributed by atoms with Gasteiger partial charge >= 0.3 is 0 Å².